The number of halogens is 5. The number of benzene rings is 1. The molecule has 0 saturated carbocycles. The normalized spacial score (nSPS) is 11.1. The van der Waals surface area contributed by atoms with Crippen LogP contribution in [-0.4, -0.2) is 12.4 Å². The number of alkyl halides is 4. The Kier molecular flexibility index (Phi) is 4.50. The number of rotatable bonds is 4. The highest BCUT2D eigenvalue weighted by Gasteiger charge is 2.20. The van der Waals surface area contributed by atoms with Gasteiger partial charge in [-0.15, -0.1) is 0 Å². The Labute approximate surface area is 103 Å². The molecule has 7 heteroatoms. The van der Waals surface area contributed by atoms with Gasteiger partial charge in [-0.2, -0.15) is 8.78 Å². The highest BCUT2D eigenvalue weighted by molar-refractivity contribution is 9.10. The Morgan fingerprint density at radius 2 is 1.88 bits per heavy atom. The van der Waals surface area contributed by atoms with E-state index in [1.165, 1.54) is 0 Å². The highest BCUT2D eigenvalue weighted by Crippen LogP contribution is 2.34. The van der Waals surface area contributed by atoms with Crippen LogP contribution in [0.2, 0.25) is 0 Å². The molecule has 0 aromatic heterocycles. The highest BCUT2D eigenvalue weighted by atomic mass is 79.9. The second kappa shape index (κ2) is 5.48. The number of carbonyl (C=O) groups excluding carboxylic acids is 1. The van der Waals surface area contributed by atoms with Crippen molar-refractivity contribution in [3.63, 3.8) is 0 Å². The molecular weight excluding hydrogens is 308 g/mol. The minimum Gasteiger partial charge on any atom is -0.435 e. The van der Waals surface area contributed by atoms with E-state index in [2.05, 4.69) is 20.7 Å². The van der Waals surface area contributed by atoms with Gasteiger partial charge in [-0.25, -0.2) is 8.78 Å². The molecule has 2 nitrogen and oxygen atoms in total. The van der Waals surface area contributed by atoms with Gasteiger partial charge in [-0.3, -0.25) is 4.79 Å². The first-order valence-electron chi connectivity index (χ1n) is 4.40. The Hall–Kier alpha value is -1.11. The van der Waals surface area contributed by atoms with Crippen LogP contribution in [-0.2, 0) is 0 Å². The van der Waals surface area contributed by atoms with Gasteiger partial charge >= 0.3 is 6.61 Å². The fourth-order valence-electron chi connectivity index (χ4n) is 1.21. The quantitative estimate of drug-likeness (QED) is 0.615. The summed E-state index contributed by atoms with van der Waals surface area (Å²) in [5.74, 6) is -0.998. The molecule has 94 valence electrons. The van der Waals surface area contributed by atoms with Crippen LogP contribution in [0.25, 0.3) is 0 Å². The zero-order chi connectivity index (χ0) is 13.2. The van der Waals surface area contributed by atoms with Gasteiger partial charge in [-0.05, 0) is 35.0 Å². The van der Waals surface area contributed by atoms with Crippen molar-refractivity contribution >= 4 is 21.7 Å². The number of ketones is 1. The molecule has 0 spiro atoms. The lowest BCUT2D eigenvalue weighted by atomic mass is 10.1. The fourth-order valence-corrected chi connectivity index (χ4v) is 1.89. The first kappa shape index (κ1) is 14.0. The maximum atomic E-state index is 12.6. The molecular formula is C10H7BrF4O2. The molecule has 0 atom stereocenters. The largest absolute Gasteiger partial charge is 0.435 e. The maximum absolute atomic E-state index is 12.6. The van der Waals surface area contributed by atoms with Crippen LogP contribution in [0.4, 0.5) is 17.6 Å². The van der Waals surface area contributed by atoms with Crippen LogP contribution in [0.1, 0.15) is 29.3 Å². The van der Waals surface area contributed by atoms with Crippen LogP contribution in [0.3, 0.4) is 0 Å². The van der Waals surface area contributed by atoms with Gasteiger partial charge in [0.2, 0.25) is 0 Å². The van der Waals surface area contributed by atoms with E-state index in [4.69, 9.17) is 0 Å². The van der Waals surface area contributed by atoms with Crippen molar-refractivity contribution in [2.45, 2.75) is 20.0 Å². The number of hydrogen-bond donors (Lipinski definition) is 0. The molecule has 17 heavy (non-hydrogen) atoms. The molecule has 0 bridgehead atoms. The molecule has 0 heterocycles. The van der Waals surface area contributed by atoms with Crippen LogP contribution in [0, 0.1) is 0 Å². The molecule has 0 radical (unpaired) electrons. The summed E-state index contributed by atoms with van der Waals surface area (Å²) in [6, 6.07) is 1.76. The second-order valence-electron chi connectivity index (χ2n) is 3.11. The number of Topliss-reactive ketones (excluding diaryl/α,β-unsaturated/α-hetero) is 1. The number of ether oxygens (including phenoxy) is 1. The topological polar surface area (TPSA) is 26.3 Å². The third kappa shape index (κ3) is 3.42. The van der Waals surface area contributed by atoms with Crippen molar-refractivity contribution in [2.24, 2.45) is 0 Å². The third-order valence-corrected chi connectivity index (χ3v) is 2.80. The smallest absolute Gasteiger partial charge is 0.387 e. The van der Waals surface area contributed by atoms with Crippen molar-refractivity contribution in [3.8, 4) is 5.75 Å². The van der Waals surface area contributed by atoms with E-state index in [0.717, 1.165) is 19.1 Å². The zero-order valence-corrected chi connectivity index (χ0v) is 10.1. The predicted octanol–water partition coefficient (Wildman–Crippen LogP) is 4.19. The molecule has 0 aliphatic heterocycles. The van der Waals surface area contributed by atoms with E-state index in [-0.39, 0.29) is 10.0 Å². The van der Waals surface area contributed by atoms with Gasteiger partial charge in [0, 0.05) is 15.6 Å². The van der Waals surface area contributed by atoms with E-state index in [1.807, 2.05) is 0 Å². The van der Waals surface area contributed by atoms with Crippen LogP contribution in [0.5, 0.6) is 5.75 Å². The van der Waals surface area contributed by atoms with Crippen molar-refractivity contribution in [1.82, 2.24) is 0 Å². The summed E-state index contributed by atoms with van der Waals surface area (Å²) < 4.78 is 53.1. The van der Waals surface area contributed by atoms with Crippen LogP contribution >= 0.6 is 15.9 Å². The molecule has 1 aromatic carbocycles. The molecule has 0 saturated heterocycles. The first-order chi connectivity index (χ1) is 7.82. The summed E-state index contributed by atoms with van der Waals surface area (Å²) in [5.41, 5.74) is -0.688. The predicted molar refractivity (Wildman–Crippen MR) is 55.7 cm³/mol. The summed E-state index contributed by atoms with van der Waals surface area (Å²) in [4.78, 5) is 11.2. The fraction of sp³-hybridized carbons (Fsp3) is 0.300. The van der Waals surface area contributed by atoms with Gasteiger partial charge in [0.1, 0.15) is 5.75 Å². The average molecular weight is 315 g/mol. The molecule has 1 rings (SSSR count). The number of hydrogen-bond acceptors (Lipinski definition) is 2. The first-order valence-corrected chi connectivity index (χ1v) is 5.19. The molecule has 0 aliphatic rings. The van der Waals surface area contributed by atoms with Crippen molar-refractivity contribution in [1.29, 1.82) is 0 Å². The lowest BCUT2D eigenvalue weighted by molar-refractivity contribution is -0.0500. The zero-order valence-electron chi connectivity index (χ0n) is 8.52. The van der Waals surface area contributed by atoms with Gasteiger partial charge in [0.15, 0.2) is 5.78 Å². The number of carbonyl (C=O) groups is 1. The van der Waals surface area contributed by atoms with E-state index in [9.17, 15) is 22.4 Å². The SMILES string of the molecule is CC(=O)c1cc(OC(F)F)cc(C(F)F)c1Br. The molecule has 0 fully saturated rings. The molecule has 0 aliphatic carbocycles. The van der Waals surface area contributed by atoms with Crippen LogP contribution < -0.4 is 4.74 Å². The summed E-state index contributed by atoms with van der Waals surface area (Å²) in [6.07, 6.45) is -2.90. The summed E-state index contributed by atoms with van der Waals surface area (Å²) in [6.45, 7) is -2.00. The average Bonchev–Trinajstić information content (AvgIpc) is 2.18. The van der Waals surface area contributed by atoms with E-state index >= 15 is 0 Å². The lowest BCUT2D eigenvalue weighted by Gasteiger charge is -2.11. The van der Waals surface area contributed by atoms with Gasteiger partial charge in [-0.1, -0.05) is 0 Å². The van der Waals surface area contributed by atoms with Crippen molar-refractivity contribution in [2.75, 3.05) is 0 Å². The van der Waals surface area contributed by atoms with Gasteiger partial charge < -0.3 is 4.74 Å². The summed E-state index contributed by atoms with van der Waals surface area (Å²) in [5, 5.41) is 0. The Balaban J connectivity index is 3.31. The second-order valence-corrected chi connectivity index (χ2v) is 3.90. The van der Waals surface area contributed by atoms with E-state index in [1.54, 1.807) is 0 Å². The summed E-state index contributed by atoms with van der Waals surface area (Å²) in [7, 11) is 0. The van der Waals surface area contributed by atoms with E-state index in [0.29, 0.717) is 0 Å². The molecule has 0 N–H and O–H groups in total. The molecule has 1 aromatic rings. The Morgan fingerprint density at radius 1 is 1.29 bits per heavy atom. The van der Waals surface area contributed by atoms with Crippen LogP contribution in [0.15, 0.2) is 16.6 Å². The third-order valence-electron chi connectivity index (χ3n) is 1.91. The Bertz CT molecular complexity index is 435. The summed E-state index contributed by atoms with van der Waals surface area (Å²) >= 11 is 2.84. The monoisotopic (exact) mass is 314 g/mol. The molecule has 0 unspecified atom stereocenters. The van der Waals surface area contributed by atoms with Gasteiger partial charge in [0.05, 0.1) is 0 Å². The lowest BCUT2D eigenvalue weighted by Crippen LogP contribution is -2.05. The maximum Gasteiger partial charge on any atom is 0.387 e. The standard InChI is InChI=1S/C10H7BrF4O2/c1-4(16)6-2-5(17-10(14)15)3-7(8(6)11)9(12)13/h2-3,9-10H,1H3. The van der Waals surface area contributed by atoms with E-state index < -0.39 is 30.1 Å². The van der Waals surface area contributed by atoms with Gasteiger partial charge in [0.25, 0.3) is 6.43 Å². The van der Waals surface area contributed by atoms with Crippen molar-refractivity contribution < 1.29 is 27.1 Å². The minimum absolute atomic E-state index is 0.110. The molecule has 0 amide bonds. The minimum atomic E-state index is -3.14. The van der Waals surface area contributed by atoms with Crippen molar-refractivity contribution in [3.05, 3.63) is 27.7 Å². The Morgan fingerprint density at radius 3 is 2.29 bits per heavy atom.